The number of rotatable bonds is 11. The van der Waals surface area contributed by atoms with E-state index in [1.54, 1.807) is 12.1 Å². The Bertz CT molecular complexity index is 1110. The number of aliphatic hydroxyl groups excluding tert-OH is 1. The third-order valence-electron chi connectivity index (χ3n) is 5.91. The van der Waals surface area contributed by atoms with Gasteiger partial charge in [0, 0.05) is 17.6 Å². The molecule has 2 atom stereocenters. The zero-order chi connectivity index (χ0) is 24.7. The second-order valence-electron chi connectivity index (χ2n) is 9.17. The Labute approximate surface area is 201 Å². The molecule has 0 bridgehead atoms. The lowest BCUT2D eigenvalue weighted by Crippen LogP contribution is -2.46. The molecule has 6 heteroatoms. The van der Waals surface area contributed by atoms with Gasteiger partial charge in [-0.25, -0.2) is 4.79 Å². The zero-order valence-electron chi connectivity index (χ0n) is 20.6. The maximum absolute atomic E-state index is 12.0. The first-order valence-electron chi connectivity index (χ1n) is 11.5. The summed E-state index contributed by atoms with van der Waals surface area (Å²) < 4.78 is 16.2. The number of carbonyl (C=O) groups is 1. The van der Waals surface area contributed by atoms with Crippen molar-refractivity contribution in [1.82, 2.24) is 5.32 Å². The first-order valence-corrected chi connectivity index (χ1v) is 11.5. The molecule has 0 aliphatic carbocycles. The summed E-state index contributed by atoms with van der Waals surface area (Å²) in [5, 5.41) is 16.4. The minimum atomic E-state index is -0.687. The van der Waals surface area contributed by atoms with Crippen molar-refractivity contribution < 1.29 is 24.1 Å². The smallest absolute Gasteiger partial charge is 0.341 e. The summed E-state index contributed by atoms with van der Waals surface area (Å²) >= 11 is 0. The predicted molar refractivity (Wildman–Crippen MR) is 134 cm³/mol. The molecule has 0 radical (unpaired) electrons. The van der Waals surface area contributed by atoms with E-state index in [9.17, 15) is 9.90 Å². The summed E-state index contributed by atoms with van der Waals surface area (Å²) in [6.45, 7) is 6.66. The van der Waals surface area contributed by atoms with Gasteiger partial charge in [0.15, 0.2) is 0 Å². The largest absolute Gasteiger partial charge is 0.495 e. The van der Waals surface area contributed by atoms with Crippen molar-refractivity contribution in [3.63, 3.8) is 0 Å². The van der Waals surface area contributed by atoms with Crippen LogP contribution in [0.3, 0.4) is 0 Å². The van der Waals surface area contributed by atoms with Crippen molar-refractivity contribution in [1.29, 1.82) is 0 Å². The van der Waals surface area contributed by atoms with Crippen LogP contribution in [0.15, 0.2) is 60.7 Å². The van der Waals surface area contributed by atoms with E-state index in [2.05, 4.69) is 49.5 Å². The maximum Gasteiger partial charge on any atom is 0.341 e. The van der Waals surface area contributed by atoms with Crippen LogP contribution in [0.4, 0.5) is 0 Å². The van der Waals surface area contributed by atoms with Crippen LogP contribution in [-0.2, 0) is 15.9 Å². The molecule has 3 aromatic rings. The van der Waals surface area contributed by atoms with Crippen molar-refractivity contribution in [2.75, 3.05) is 27.4 Å². The van der Waals surface area contributed by atoms with E-state index in [0.717, 1.165) is 12.0 Å². The molecule has 0 saturated heterocycles. The Morgan fingerprint density at radius 3 is 2.47 bits per heavy atom. The number of nitrogens with one attached hydrogen (secondary N) is 1. The van der Waals surface area contributed by atoms with E-state index in [-0.39, 0.29) is 18.2 Å². The van der Waals surface area contributed by atoms with E-state index >= 15 is 0 Å². The standard InChI is InChI=1S/C28H35NO5/c1-19(24-11-8-12-25(26(24)32-4)27(31)33-5)34-18-23(30)17-29-28(2,3)16-20-13-14-21-9-6-7-10-22(21)15-20/h6-15,19,23,29-30H,16-18H2,1-5H3/t19?,23-/m1/s1. The van der Waals surface area contributed by atoms with Crippen LogP contribution < -0.4 is 10.1 Å². The zero-order valence-corrected chi connectivity index (χ0v) is 20.6. The van der Waals surface area contributed by atoms with E-state index in [4.69, 9.17) is 14.2 Å². The summed E-state index contributed by atoms with van der Waals surface area (Å²) in [5.74, 6) is -0.0465. The van der Waals surface area contributed by atoms with Gasteiger partial charge in [0.1, 0.15) is 11.3 Å². The lowest BCUT2D eigenvalue weighted by Gasteiger charge is -2.28. The van der Waals surface area contributed by atoms with Crippen molar-refractivity contribution in [2.24, 2.45) is 0 Å². The van der Waals surface area contributed by atoms with Gasteiger partial charge in [-0.2, -0.15) is 0 Å². The molecule has 3 aromatic carbocycles. The van der Waals surface area contributed by atoms with Crippen LogP contribution in [-0.4, -0.2) is 50.1 Å². The van der Waals surface area contributed by atoms with Gasteiger partial charge in [-0.1, -0.05) is 54.6 Å². The molecule has 0 aromatic heterocycles. The number of benzene rings is 3. The summed E-state index contributed by atoms with van der Waals surface area (Å²) in [6, 6.07) is 20.1. The quantitative estimate of drug-likeness (QED) is 0.400. The van der Waals surface area contributed by atoms with Crippen LogP contribution in [0.2, 0.25) is 0 Å². The van der Waals surface area contributed by atoms with Crippen LogP contribution in [0.1, 0.15) is 48.4 Å². The molecule has 2 N–H and O–H groups in total. The summed E-state index contributed by atoms with van der Waals surface area (Å²) in [4.78, 5) is 12.0. The topological polar surface area (TPSA) is 77.0 Å². The molecule has 0 spiro atoms. The monoisotopic (exact) mass is 465 g/mol. The third-order valence-corrected chi connectivity index (χ3v) is 5.91. The Morgan fingerprint density at radius 1 is 1.03 bits per heavy atom. The first kappa shape index (κ1) is 25.7. The molecule has 6 nitrogen and oxygen atoms in total. The average molecular weight is 466 g/mol. The van der Waals surface area contributed by atoms with Gasteiger partial charge in [-0.15, -0.1) is 0 Å². The number of methoxy groups -OCH3 is 2. The van der Waals surface area contributed by atoms with Crippen LogP contribution in [0, 0.1) is 0 Å². The Balaban J connectivity index is 1.54. The lowest BCUT2D eigenvalue weighted by atomic mass is 9.93. The second kappa shape index (κ2) is 11.5. The number of β-amino-alcohol motifs (C(OH)–C–C–N with tert-alkyl or cyclic N) is 1. The predicted octanol–water partition coefficient (Wildman–Crippen LogP) is 4.68. The number of hydrogen-bond acceptors (Lipinski definition) is 6. The van der Waals surface area contributed by atoms with Gasteiger partial charge in [-0.3, -0.25) is 0 Å². The van der Waals surface area contributed by atoms with Crippen LogP contribution in [0.25, 0.3) is 10.8 Å². The minimum Gasteiger partial charge on any atom is -0.495 e. The third kappa shape index (κ3) is 6.56. The molecule has 0 heterocycles. The highest BCUT2D eigenvalue weighted by Crippen LogP contribution is 2.31. The Hall–Kier alpha value is -2.93. The van der Waals surface area contributed by atoms with Crippen molar-refractivity contribution in [3.8, 4) is 5.75 Å². The molecule has 3 rings (SSSR count). The Morgan fingerprint density at radius 2 is 1.76 bits per heavy atom. The highest BCUT2D eigenvalue weighted by Gasteiger charge is 2.22. The normalized spacial score (nSPS) is 13.5. The first-order chi connectivity index (χ1) is 16.2. The van der Waals surface area contributed by atoms with Crippen molar-refractivity contribution in [2.45, 2.75) is 44.9 Å². The number of esters is 1. The molecule has 182 valence electrons. The van der Waals surface area contributed by atoms with Gasteiger partial charge in [-0.05, 0) is 49.6 Å². The van der Waals surface area contributed by atoms with E-state index in [1.807, 2.05) is 25.1 Å². The molecule has 0 fully saturated rings. The second-order valence-corrected chi connectivity index (χ2v) is 9.17. The fraction of sp³-hybridized carbons (Fsp3) is 0.393. The number of para-hydroxylation sites is 1. The molecule has 0 amide bonds. The molecular formula is C28H35NO5. The summed E-state index contributed by atoms with van der Waals surface area (Å²) in [7, 11) is 2.84. The highest BCUT2D eigenvalue weighted by atomic mass is 16.5. The molecular weight excluding hydrogens is 430 g/mol. The number of aliphatic hydroxyl groups is 1. The molecule has 34 heavy (non-hydrogen) atoms. The van der Waals surface area contributed by atoms with Gasteiger partial charge in [0.25, 0.3) is 0 Å². The van der Waals surface area contributed by atoms with E-state index < -0.39 is 12.1 Å². The number of ether oxygens (including phenoxy) is 3. The van der Waals surface area contributed by atoms with Gasteiger partial charge in [0.05, 0.1) is 33.0 Å². The van der Waals surface area contributed by atoms with Crippen molar-refractivity contribution >= 4 is 16.7 Å². The number of hydrogen-bond donors (Lipinski definition) is 2. The van der Waals surface area contributed by atoms with Gasteiger partial charge < -0.3 is 24.6 Å². The molecule has 0 aliphatic heterocycles. The fourth-order valence-corrected chi connectivity index (χ4v) is 4.09. The SMILES string of the molecule is COC(=O)c1cccc(C(C)OC[C@H](O)CNC(C)(C)Cc2ccc3ccccc3c2)c1OC. The fourth-order valence-electron chi connectivity index (χ4n) is 4.09. The van der Waals surface area contributed by atoms with E-state index in [1.165, 1.54) is 30.6 Å². The molecule has 0 aliphatic rings. The average Bonchev–Trinajstić information content (AvgIpc) is 2.84. The minimum absolute atomic E-state index is 0.145. The molecule has 0 saturated carbocycles. The summed E-state index contributed by atoms with van der Waals surface area (Å²) in [6.07, 6.45) is -0.229. The molecule has 1 unspecified atom stereocenters. The van der Waals surface area contributed by atoms with Crippen LogP contribution >= 0.6 is 0 Å². The lowest BCUT2D eigenvalue weighted by molar-refractivity contribution is -0.00501. The van der Waals surface area contributed by atoms with Crippen LogP contribution in [0.5, 0.6) is 5.75 Å². The highest BCUT2D eigenvalue weighted by molar-refractivity contribution is 5.93. The number of carbonyl (C=O) groups excluding carboxylic acids is 1. The van der Waals surface area contributed by atoms with E-state index in [0.29, 0.717) is 17.9 Å². The Kier molecular flexibility index (Phi) is 8.67. The van der Waals surface area contributed by atoms with Gasteiger partial charge >= 0.3 is 5.97 Å². The maximum atomic E-state index is 12.0. The van der Waals surface area contributed by atoms with Crippen molar-refractivity contribution in [3.05, 3.63) is 77.4 Å². The van der Waals surface area contributed by atoms with Gasteiger partial charge in [0.2, 0.25) is 0 Å². The summed E-state index contributed by atoms with van der Waals surface area (Å²) in [5.41, 5.74) is 2.11. The number of fused-ring (bicyclic) bond motifs is 1.